The van der Waals surface area contributed by atoms with Crippen LogP contribution in [-0.2, 0) is 0 Å². The molecule has 0 spiro atoms. The summed E-state index contributed by atoms with van der Waals surface area (Å²) in [4.78, 5) is 1.10. The summed E-state index contributed by atoms with van der Waals surface area (Å²) >= 11 is 1.56. The van der Waals surface area contributed by atoms with Gasteiger partial charge in [-0.05, 0) is 12.1 Å². The van der Waals surface area contributed by atoms with Crippen molar-refractivity contribution in [1.29, 1.82) is 5.26 Å². The third-order valence-corrected chi connectivity index (χ3v) is 3.71. The summed E-state index contributed by atoms with van der Waals surface area (Å²) < 4.78 is -0.388. The van der Waals surface area contributed by atoms with E-state index in [-0.39, 0.29) is 10.9 Å². The van der Waals surface area contributed by atoms with Crippen molar-refractivity contribution < 1.29 is 5.11 Å². The molecule has 72 valence electrons. The number of thioether (sulfide) groups is 1. The van der Waals surface area contributed by atoms with Crippen molar-refractivity contribution in [3.63, 3.8) is 0 Å². The Morgan fingerprint density at radius 3 is 2.50 bits per heavy atom. The van der Waals surface area contributed by atoms with Gasteiger partial charge in [-0.2, -0.15) is 5.26 Å². The van der Waals surface area contributed by atoms with E-state index in [0.29, 0.717) is 12.8 Å². The van der Waals surface area contributed by atoms with Gasteiger partial charge in [-0.3, -0.25) is 0 Å². The molecule has 14 heavy (non-hydrogen) atoms. The van der Waals surface area contributed by atoms with Gasteiger partial charge < -0.3 is 5.11 Å². The van der Waals surface area contributed by atoms with Crippen molar-refractivity contribution in [3.05, 3.63) is 30.3 Å². The van der Waals surface area contributed by atoms with Crippen LogP contribution in [0.15, 0.2) is 35.2 Å². The molecule has 2 rings (SSSR count). The molecule has 1 N–H and O–H groups in total. The first-order valence-electron chi connectivity index (χ1n) is 4.57. The van der Waals surface area contributed by atoms with Gasteiger partial charge >= 0.3 is 0 Å². The minimum Gasteiger partial charge on any atom is -0.393 e. The van der Waals surface area contributed by atoms with Gasteiger partial charge in [0.15, 0.2) is 0 Å². The van der Waals surface area contributed by atoms with Crippen molar-refractivity contribution in [3.8, 4) is 6.07 Å². The Kier molecular flexibility index (Phi) is 2.49. The highest BCUT2D eigenvalue weighted by Crippen LogP contribution is 2.47. The molecular weight excluding hydrogens is 194 g/mol. The molecule has 1 fully saturated rings. The number of hydrogen-bond acceptors (Lipinski definition) is 3. The van der Waals surface area contributed by atoms with Crippen LogP contribution < -0.4 is 0 Å². The van der Waals surface area contributed by atoms with Gasteiger partial charge in [0, 0.05) is 17.7 Å². The minimum atomic E-state index is -0.388. The van der Waals surface area contributed by atoms with Gasteiger partial charge in [-0.15, -0.1) is 11.8 Å². The molecule has 0 aromatic heterocycles. The van der Waals surface area contributed by atoms with E-state index < -0.39 is 0 Å². The van der Waals surface area contributed by atoms with Crippen LogP contribution in [0.3, 0.4) is 0 Å². The van der Waals surface area contributed by atoms with E-state index in [1.807, 2.05) is 30.3 Å². The maximum Gasteiger partial charge on any atom is 0.112 e. The zero-order chi connectivity index (χ0) is 10.0. The lowest BCUT2D eigenvalue weighted by molar-refractivity contribution is 0.0803. The zero-order valence-electron chi connectivity index (χ0n) is 7.68. The molecule has 0 bridgehead atoms. The fourth-order valence-corrected chi connectivity index (χ4v) is 2.95. The second-order valence-corrected chi connectivity index (χ2v) is 5.04. The molecule has 0 amide bonds. The predicted molar refractivity (Wildman–Crippen MR) is 55.9 cm³/mol. The van der Waals surface area contributed by atoms with Crippen molar-refractivity contribution >= 4 is 11.8 Å². The lowest BCUT2D eigenvalue weighted by Crippen LogP contribution is -2.43. The van der Waals surface area contributed by atoms with Gasteiger partial charge in [0.1, 0.15) is 4.75 Å². The first-order chi connectivity index (χ1) is 6.74. The molecule has 0 aliphatic heterocycles. The first kappa shape index (κ1) is 9.57. The topological polar surface area (TPSA) is 44.0 Å². The van der Waals surface area contributed by atoms with E-state index in [0.717, 1.165) is 4.90 Å². The van der Waals surface area contributed by atoms with Crippen LogP contribution >= 0.6 is 11.8 Å². The highest BCUT2D eigenvalue weighted by atomic mass is 32.2. The second kappa shape index (κ2) is 3.64. The summed E-state index contributed by atoms with van der Waals surface area (Å²) in [5.41, 5.74) is 0. The Bertz CT molecular complexity index is 351. The number of nitriles is 1. The Hall–Kier alpha value is -0.980. The number of benzene rings is 1. The number of hydrogen-bond donors (Lipinski definition) is 1. The van der Waals surface area contributed by atoms with E-state index in [4.69, 9.17) is 5.26 Å². The second-order valence-electron chi connectivity index (χ2n) is 3.58. The van der Waals surface area contributed by atoms with Crippen molar-refractivity contribution in [2.24, 2.45) is 0 Å². The molecule has 0 unspecified atom stereocenters. The standard InChI is InChI=1S/C11H11NOS/c12-8-11(6-9(13)7-11)14-10-4-2-1-3-5-10/h1-5,9,13H,6-7H2. The van der Waals surface area contributed by atoms with Crippen LogP contribution in [0.25, 0.3) is 0 Å². The summed E-state index contributed by atoms with van der Waals surface area (Å²) in [7, 11) is 0. The van der Waals surface area contributed by atoms with E-state index in [2.05, 4.69) is 6.07 Å². The van der Waals surface area contributed by atoms with Crippen molar-refractivity contribution in [2.45, 2.75) is 28.6 Å². The predicted octanol–water partition coefficient (Wildman–Crippen LogP) is 2.20. The lowest BCUT2D eigenvalue weighted by Gasteiger charge is -2.38. The number of rotatable bonds is 2. The Balaban J connectivity index is 2.08. The fraction of sp³-hybridized carbons (Fsp3) is 0.364. The van der Waals surface area contributed by atoms with Crippen LogP contribution in [-0.4, -0.2) is 16.0 Å². The normalized spacial score (nSPS) is 30.4. The van der Waals surface area contributed by atoms with Crippen LogP contribution in [0.5, 0.6) is 0 Å². The third kappa shape index (κ3) is 1.77. The SMILES string of the molecule is N#CC1(Sc2ccccc2)CC(O)C1. The molecule has 2 nitrogen and oxygen atoms in total. The summed E-state index contributed by atoms with van der Waals surface area (Å²) in [6.45, 7) is 0. The monoisotopic (exact) mass is 205 g/mol. The lowest BCUT2D eigenvalue weighted by atomic mass is 9.82. The number of aliphatic hydroxyl groups excluding tert-OH is 1. The summed E-state index contributed by atoms with van der Waals surface area (Å²) in [5, 5.41) is 18.3. The van der Waals surface area contributed by atoms with Crippen molar-refractivity contribution in [1.82, 2.24) is 0 Å². The highest BCUT2D eigenvalue weighted by molar-refractivity contribution is 8.01. The quantitative estimate of drug-likeness (QED) is 0.805. The maximum atomic E-state index is 9.23. The first-order valence-corrected chi connectivity index (χ1v) is 5.39. The largest absolute Gasteiger partial charge is 0.393 e. The summed E-state index contributed by atoms with van der Waals surface area (Å²) in [6, 6.07) is 12.2. The average molecular weight is 205 g/mol. The van der Waals surface area contributed by atoms with Crippen LogP contribution in [0, 0.1) is 11.3 Å². The average Bonchev–Trinajstić information content (AvgIpc) is 2.16. The number of nitrogens with zero attached hydrogens (tertiary/aromatic N) is 1. The van der Waals surface area contributed by atoms with Gasteiger partial charge in [0.25, 0.3) is 0 Å². The molecule has 0 heterocycles. The van der Waals surface area contributed by atoms with Gasteiger partial charge in [0.2, 0.25) is 0 Å². The molecule has 1 aromatic rings. The molecular formula is C11H11NOS. The van der Waals surface area contributed by atoms with Gasteiger partial charge in [0.05, 0.1) is 12.2 Å². The van der Waals surface area contributed by atoms with Gasteiger partial charge in [-0.25, -0.2) is 0 Å². The summed E-state index contributed by atoms with van der Waals surface area (Å²) in [6.07, 6.45) is 0.887. The smallest absolute Gasteiger partial charge is 0.112 e. The molecule has 1 aromatic carbocycles. The van der Waals surface area contributed by atoms with Crippen LogP contribution in [0.4, 0.5) is 0 Å². The Morgan fingerprint density at radius 1 is 1.36 bits per heavy atom. The van der Waals surface area contributed by atoms with E-state index in [9.17, 15) is 5.11 Å². The highest BCUT2D eigenvalue weighted by Gasteiger charge is 2.44. The van der Waals surface area contributed by atoms with E-state index in [1.165, 1.54) is 0 Å². The van der Waals surface area contributed by atoms with Crippen LogP contribution in [0.2, 0.25) is 0 Å². The number of aliphatic hydroxyl groups is 1. The molecule has 1 saturated carbocycles. The van der Waals surface area contributed by atoms with E-state index in [1.54, 1.807) is 11.8 Å². The van der Waals surface area contributed by atoms with Gasteiger partial charge in [-0.1, -0.05) is 18.2 Å². The van der Waals surface area contributed by atoms with E-state index >= 15 is 0 Å². The van der Waals surface area contributed by atoms with Crippen LogP contribution in [0.1, 0.15) is 12.8 Å². The minimum absolute atomic E-state index is 0.286. The van der Waals surface area contributed by atoms with Crippen molar-refractivity contribution in [2.75, 3.05) is 0 Å². The fourth-order valence-electron chi connectivity index (χ4n) is 1.61. The zero-order valence-corrected chi connectivity index (χ0v) is 8.50. The molecule has 1 aliphatic rings. The Morgan fingerprint density at radius 2 is 2.00 bits per heavy atom. The molecule has 0 atom stereocenters. The molecule has 3 heteroatoms. The molecule has 1 aliphatic carbocycles. The molecule has 0 radical (unpaired) electrons. The third-order valence-electron chi connectivity index (χ3n) is 2.39. The Labute approximate surface area is 87.6 Å². The maximum absolute atomic E-state index is 9.23. The molecule has 0 saturated heterocycles. The summed E-state index contributed by atoms with van der Waals surface area (Å²) in [5.74, 6) is 0.